The fourth-order valence-corrected chi connectivity index (χ4v) is 0.854. The standard InChI is InChI=1S/C9H17NO2/c1-6-7(11)10(5)8(12)9(2,3)4/h6H2,1-5H3. The Bertz CT molecular complexity index is 191. The van der Waals surface area contributed by atoms with Gasteiger partial charge in [0.2, 0.25) is 11.8 Å². The number of carbonyl (C=O) groups is 2. The van der Waals surface area contributed by atoms with Gasteiger partial charge in [-0.2, -0.15) is 0 Å². The second-order valence-corrected chi connectivity index (χ2v) is 3.86. The largest absolute Gasteiger partial charge is 0.285 e. The van der Waals surface area contributed by atoms with E-state index in [0.717, 1.165) is 0 Å². The normalized spacial score (nSPS) is 11.1. The maximum atomic E-state index is 11.5. The van der Waals surface area contributed by atoms with Crippen molar-refractivity contribution >= 4 is 11.8 Å². The molecule has 0 spiro atoms. The van der Waals surface area contributed by atoms with E-state index in [0.29, 0.717) is 6.42 Å². The summed E-state index contributed by atoms with van der Waals surface area (Å²) in [6.07, 6.45) is 0.373. The molecule has 0 radical (unpaired) electrons. The van der Waals surface area contributed by atoms with E-state index in [9.17, 15) is 9.59 Å². The van der Waals surface area contributed by atoms with Gasteiger partial charge in [-0.1, -0.05) is 27.7 Å². The van der Waals surface area contributed by atoms with Crippen LogP contribution in [0.25, 0.3) is 0 Å². The summed E-state index contributed by atoms with van der Waals surface area (Å²) in [5.41, 5.74) is -0.473. The molecule has 0 aromatic carbocycles. The average molecular weight is 171 g/mol. The average Bonchev–Trinajstić information content (AvgIpc) is 1.98. The molecule has 0 bridgehead atoms. The highest BCUT2D eigenvalue weighted by Gasteiger charge is 2.27. The fraction of sp³-hybridized carbons (Fsp3) is 0.778. The molecule has 3 nitrogen and oxygen atoms in total. The van der Waals surface area contributed by atoms with Crippen LogP contribution in [0.2, 0.25) is 0 Å². The molecule has 0 atom stereocenters. The molecule has 70 valence electrons. The summed E-state index contributed by atoms with van der Waals surface area (Å²) in [5.74, 6) is -0.260. The van der Waals surface area contributed by atoms with Crippen LogP contribution in [0, 0.1) is 5.41 Å². The van der Waals surface area contributed by atoms with Crippen LogP contribution in [0.5, 0.6) is 0 Å². The third-order valence-electron chi connectivity index (χ3n) is 1.62. The zero-order valence-corrected chi connectivity index (χ0v) is 8.47. The molecular weight excluding hydrogens is 154 g/mol. The monoisotopic (exact) mass is 171 g/mol. The topological polar surface area (TPSA) is 37.4 Å². The Balaban J connectivity index is 4.41. The number of amides is 2. The molecular formula is C9H17NO2. The predicted octanol–water partition coefficient (Wildman–Crippen LogP) is 1.43. The molecule has 3 heteroatoms. The van der Waals surface area contributed by atoms with Crippen LogP contribution in [0.3, 0.4) is 0 Å². The highest BCUT2D eigenvalue weighted by Crippen LogP contribution is 2.16. The Morgan fingerprint density at radius 1 is 1.25 bits per heavy atom. The number of nitrogens with zero attached hydrogens (tertiary/aromatic N) is 1. The molecule has 0 aromatic heterocycles. The molecule has 0 heterocycles. The molecule has 0 rings (SSSR count). The van der Waals surface area contributed by atoms with Gasteiger partial charge in [0.1, 0.15) is 0 Å². The van der Waals surface area contributed by atoms with Crippen molar-refractivity contribution in [1.82, 2.24) is 4.90 Å². The maximum absolute atomic E-state index is 11.5. The van der Waals surface area contributed by atoms with Gasteiger partial charge < -0.3 is 0 Å². The Hall–Kier alpha value is -0.860. The van der Waals surface area contributed by atoms with E-state index in [4.69, 9.17) is 0 Å². The number of carbonyl (C=O) groups excluding carboxylic acids is 2. The van der Waals surface area contributed by atoms with Gasteiger partial charge in [-0.3, -0.25) is 14.5 Å². The van der Waals surface area contributed by atoms with E-state index in [1.54, 1.807) is 27.7 Å². The summed E-state index contributed by atoms with van der Waals surface area (Å²) in [6.45, 7) is 7.15. The molecule has 0 aliphatic rings. The Morgan fingerprint density at radius 3 is 1.92 bits per heavy atom. The van der Waals surface area contributed by atoms with Crippen molar-refractivity contribution in [2.75, 3.05) is 7.05 Å². The van der Waals surface area contributed by atoms with Crippen molar-refractivity contribution in [3.63, 3.8) is 0 Å². The van der Waals surface area contributed by atoms with Crippen LogP contribution >= 0.6 is 0 Å². The van der Waals surface area contributed by atoms with Gasteiger partial charge in [0.25, 0.3) is 0 Å². The summed E-state index contributed by atoms with van der Waals surface area (Å²) in [4.78, 5) is 23.8. The van der Waals surface area contributed by atoms with Crippen LogP contribution < -0.4 is 0 Å². The van der Waals surface area contributed by atoms with Gasteiger partial charge in [-0.25, -0.2) is 0 Å². The maximum Gasteiger partial charge on any atom is 0.234 e. The number of hydrogen-bond donors (Lipinski definition) is 0. The van der Waals surface area contributed by atoms with E-state index in [1.165, 1.54) is 11.9 Å². The van der Waals surface area contributed by atoms with Crippen molar-refractivity contribution in [1.29, 1.82) is 0 Å². The van der Waals surface area contributed by atoms with E-state index in [-0.39, 0.29) is 11.8 Å². The Morgan fingerprint density at radius 2 is 1.67 bits per heavy atom. The number of imide groups is 1. The molecule has 0 N–H and O–H groups in total. The first kappa shape index (κ1) is 11.1. The van der Waals surface area contributed by atoms with Crippen molar-refractivity contribution in [2.45, 2.75) is 34.1 Å². The lowest BCUT2D eigenvalue weighted by Crippen LogP contribution is -2.40. The summed E-state index contributed by atoms with van der Waals surface area (Å²) < 4.78 is 0. The lowest BCUT2D eigenvalue weighted by atomic mass is 9.95. The van der Waals surface area contributed by atoms with Crippen molar-refractivity contribution in [3.05, 3.63) is 0 Å². The van der Waals surface area contributed by atoms with Gasteiger partial charge in [-0.15, -0.1) is 0 Å². The van der Waals surface area contributed by atoms with E-state index in [1.807, 2.05) is 0 Å². The van der Waals surface area contributed by atoms with Gasteiger partial charge >= 0.3 is 0 Å². The summed E-state index contributed by atoms with van der Waals surface area (Å²) in [5, 5.41) is 0. The number of rotatable bonds is 1. The molecule has 0 saturated heterocycles. The number of hydrogen-bond acceptors (Lipinski definition) is 2. The molecule has 12 heavy (non-hydrogen) atoms. The Kier molecular flexibility index (Phi) is 3.43. The zero-order chi connectivity index (χ0) is 9.94. The molecule has 0 fully saturated rings. The van der Waals surface area contributed by atoms with E-state index < -0.39 is 5.41 Å². The molecule has 0 aromatic rings. The minimum absolute atomic E-state index is 0.130. The first-order valence-electron chi connectivity index (χ1n) is 4.11. The molecule has 0 unspecified atom stereocenters. The lowest BCUT2D eigenvalue weighted by Gasteiger charge is -2.23. The predicted molar refractivity (Wildman–Crippen MR) is 47.5 cm³/mol. The van der Waals surface area contributed by atoms with Crippen molar-refractivity contribution < 1.29 is 9.59 Å². The first-order valence-corrected chi connectivity index (χ1v) is 4.11. The second-order valence-electron chi connectivity index (χ2n) is 3.86. The molecule has 0 aliphatic carbocycles. The second kappa shape index (κ2) is 3.70. The minimum atomic E-state index is -0.473. The zero-order valence-electron chi connectivity index (χ0n) is 8.47. The van der Waals surface area contributed by atoms with Crippen LogP contribution in [-0.2, 0) is 9.59 Å². The fourth-order valence-electron chi connectivity index (χ4n) is 0.854. The third kappa shape index (κ3) is 2.64. The molecule has 2 amide bonds. The van der Waals surface area contributed by atoms with Gasteiger partial charge in [0.15, 0.2) is 0 Å². The highest BCUT2D eigenvalue weighted by atomic mass is 16.2. The molecule has 0 aliphatic heterocycles. The highest BCUT2D eigenvalue weighted by molar-refractivity contribution is 5.97. The van der Waals surface area contributed by atoms with Crippen LogP contribution in [0.1, 0.15) is 34.1 Å². The van der Waals surface area contributed by atoms with Crippen molar-refractivity contribution in [2.24, 2.45) is 5.41 Å². The van der Waals surface area contributed by atoms with Crippen LogP contribution in [-0.4, -0.2) is 23.8 Å². The SMILES string of the molecule is CCC(=O)N(C)C(=O)C(C)(C)C. The van der Waals surface area contributed by atoms with Crippen LogP contribution in [0.15, 0.2) is 0 Å². The smallest absolute Gasteiger partial charge is 0.234 e. The first-order chi connectivity index (χ1) is 5.30. The minimum Gasteiger partial charge on any atom is -0.285 e. The third-order valence-corrected chi connectivity index (χ3v) is 1.62. The van der Waals surface area contributed by atoms with Gasteiger partial charge in [0, 0.05) is 18.9 Å². The van der Waals surface area contributed by atoms with E-state index in [2.05, 4.69) is 0 Å². The Labute approximate surface area is 73.7 Å². The quantitative estimate of drug-likeness (QED) is 0.598. The van der Waals surface area contributed by atoms with E-state index >= 15 is 0 Å². The molecule has 0 saturated carbocycles. The van der Waals surface area contributed by atoms with Gasteiger partial charge in [0.05, 0.1) is 0 Å². The summed E-state index contributed by atoms with van der Waals surface area (Å²) in [6, 6.07) is 0. The lowest BCUT2D eigenvalue weighted by molar-refractivity contribution is -0.148. The van der Waals surface area contributed by atoms with Crippen LogP contribution in [0.4, 0.5) is 0 Å². The summed E-state index contributed by atoms with van der Waals surface area (Å²) >= 11 is 0. The van der Waals surface area contributed by atoms with Gasteiger partial charge in [-0.05, 0) is 0 Å². The van der Waals surface area contributed by atoms with Crippen molar-refractivity contribution in [3.8, 4) is 0 Å². The summed E-state index contributed by atoms with van der Waals surface area (Å²) in [7, 11) is 1.53.